The highest BCUT2D eigenvalue weighted by atomic mass is 35.5. The molecule has 0 spiro atoms. The first-order chi connectivity index (χ1) is 16.7. The fraction of sp³-hybridized carbons (Fsp3) is 0.462. The van der Waals surface area contributed by atoms with Gasteiger partial charge in [0.1, 0.15) is 23.1 Å². The number of halogens is 4. The molecule has 0 amide bonds. The summed E-state index contributed by atoms with van der Waals surface area (Å²) in [5, 5.41) is 34.1. The van der Waals surface area contributed by atoms with E-state index in [1.54, 1.807) is 0 Å². The summed E-state index contributed by atoms with van der Waals surface area (Å²) in [6, 6.07) is 7.97. The number of aliphatic hydroxyl groups excluding tert-OH is 1. The minimum atomic E-state index is -1.82. The lowest BCUT2D eigenvalue weighted by Gasteiger charge is -2.42. The van der Waals surface area contributed by atoms with Crippen LogP contribution in [0.5, 0.6) is 0 Å². The van der Waals surface area contributed by atoms with Crippen LogP contribution < -0.4 is 5.32 Å². The predicted molar refractivity (Wildman–Crippen MR) is 128 cm³/mol. The highest BCUT2D eigenvalue weighted by molar-refractivity contribution is 6.31. The molecule has 2 aromatic rings. The normalized spacial score (nSPS) is 27.9. The number of nitriles is 1. The van der Waals surface area contributed by atoms with E-state index in [0.717, 1.165) is 25.3 Å². The molecule has 186 valence electrons. The summed E-state index contributed by atoms with van der Waals surface area (Å²) in [7, 11) is 0. The van der Waals surface area contributed by atoms with Crippen molar-refractivity contribution >= 4 is 29.2 Å². The van der Waals surface area contributed by atoms with Gasteiger partial charge < -0.3 is 10.2 Å². The fourth-order valence-corrected chi connectivity index (χ4v) is 6.43. The summed E-state index contributed by atoms with van der Waals surface area (Å²) >= 11 is 12.0. The van der Waals surface area contributed by atoms with Crippen LogP contribution in [0.25, 0.3) is 0 Å². The van der Waals surface area contributed by atoms with Crippen molar-refractivity contribution in [3.63, 3.8) is 0 Å². The topological polar surface area (TPSA) is 93.4 Å². The lowest BCUT2D eigenvalue weighted by molar-refractivity contribution is -0.139. The van der Waals surface area contributed by atoms with Crippen molar-refractivity contribution in [3.8, 4) is 6.07 Å². The number of hydrogen-bond acceptors (Lipinski definition) is 4. The summed E-state index contributed by atoms with van der Waals surface area (Å²) < 4.78 is 30.8. The third-order valence-electron chi connectivity index (χ3n) is 7.79. The SMILES string of the molecule is N#CC1(c2ccc(Cl)cc2F)C(CC2(CO)CCCCC2)NC(C(=O)O)C1c1cccc(Cl)c1F. The molecule has 4 unspecified atom stereocenters. The lowest BCUT2D eigenvalue weighted by atomic mass is 9.60. The lowest BCUT2D eigenvalue weighted by Crippen LogP contribution is -2.47. The summed E-state index contributed by atoms with van der Waals surface area (Å²) in [5.41, 5.74) is -2.54. The van der Waals surface area contributed by atoms with Gasteiger partial charge in [-0.1, -0.05) is 60.7 Å². The zero-order valence-electron chi connectivity index (χ0n) is 18.9. The molecule has 2 fully saturated rings. The van der Waals surface area contributed by atoms with Crippen LogP contribution >= 0.6 is 23.2 Å². The zero-order chi connectivity index (χ0) is 25.4. The van der Waals surface area contributed by atoms with Crippen molar-refractivity contribution in [2.75, 3.05) is 6.61 Å². The van der Waals surface area contributed by atoms with E-state index in [0.29, 0.717) is 12.8 Å². The van der Waals surface area contributed by atoms with Crippen molar-refractivity contribution in [1.82, 2.24) is 5.32 Å². The van der Waals surface area contributed by atoms with Crippen LogP contribution in [-0.2, 0) is 10.2 Å². The highest BCUT2D eigenvalue weighted by Crippen LogP contribution is 2.54. The van der Waals surface area contributed by atoms with Gasteiger partial charge in [-0.25, -0.2) is 8.78 Å². The van der Waals surface area contributed by atoms with Gasteiger partial charge in [0.2, 0.25) is 0 Å². The van der Waals surface area contributed by atoms with Gasteiger partial charge in [0.15, 0.2) is 0 Å². The molecular weight excluding hydrogens is 497 g/mol. The highest BCUT2D eigenvalue weighted by Gasteiger charge is 2.62. The third-order valence-corrected chi connectivity index (χ3v) is 8.31. The molecular formula is C26H26Cl2F2N2O3. The van der Waals surface area contributed by atoms with Gasteiger partial charge >= 0.3 is 5.97 Å². The van der Waals surface area contributed by atoms with Crippen LogP contribution in [0.4, 0.5) is 8.78 Å². The number of carbonyl (C=O) groups is 1. The van der Waals surface area contributed by atoms with Gasteiger partial charge in [-0.3, -0.25) is 10.1 Å². The molecule has 0 radical (unpaired) electrons. The summed E-state index contributed by atoms with van der Waals surface area (Å²) in [6.07, 6.45) is 4.40. The van der Waals surface area contributed by atoms with E-state index >= 15 is 8.78 Å². The third kappa shape index (κ3) is 4.42. The monoisotopic (exact) mass is 522 g/mol. The van der Waals surface area contributed by atoms with Crippen LogP contribution in [0, 0.1) is 28.4 Å². The average Bonchev–Trinajstić information content (AvgIpc) is 3.16. The van der Waals surface area contributed by atoms with Gasteiger partial charge in [0, 0.05) is 29.2 Å². The van der Waals surface area contributed by atoms with Gasteiger partial charge in [0.05, 0.1) is 11.1 Å². The standard InChI is InChI=1S/C26H26Cl2F2N2O3/c27-15-7-8-17(19(29)11-15)26(13-31)20(12-25(14-33)9-2-1-3-10-25)32-23(24(34)35)21(26)16-5-4-6-18(28)22(16)30/h4-8,11,20-21,23,32-33H,1-3,9-10,12,14H2,(H,34,35). The Morgan fingerprint density at radius 2 is 1.89 bits per heavy atom. The molecule has 4 rings (SSSR count). The first kappa shape index (κ1) is 25.8. The minimum absolute atomic E-state index is 0.0704. The minimum Gasteiger partial charge on any atom is -0.480 e. The molecule has 9 heteroatoms. The van der Waals surface area contributed by atoms with Crippen molar-refractivity contribution in [3.05, 3.63) is 69.2 Å². The number of carboxylic acids is 1. The zero-order valence-corrected chi connectivity index (χ0v) is 20.4. The van der Waals surface area contributed by atoms with Crippen LogP contribution in [0.2, 0.25) is 10.0 Å². The number of benzene rings is 2. The maximum atomic E-state index is 15.5. The fourth-order valence-electron chi connectivity index (χ4n) is 6.09. The molecule has 5 nitrogen and oxygen atoms in total. The Labute approximate surface area is 212 Å². The number of nitrogens with one attached hydrogen (secondary N) is 1. The van der Waals surface area contributed by atoms with Crippen LogP contribution in [0.3, 0.4) is 0 Å². The molecule has 1 aliphatic heterocycles. The molecule has 2 aliphatic rings. The second kappa shape index (κ2) is 10.0. The first-order valence-corrected chi connectivity index (χ1v) is 12.3. The van der Waals surface area contributed by atoms with Gasteiger partial charge in [-0.05, 0) is 48.4 Å². The summed E-state index contributed by atoms with van der Waals surface area (Å²) in [6.45, 7) is -0.149. The number of aliphatic carboxylic acids is 1. The Kier molecular flexibility index (Phi) is 7.40. The molecule has 1 heterocycles. The van der Waals surface area contributed by atoms with Crippen LogP contribution in [0.1, 0.15) is 55.6 Å². The van der Waals surface area contributed by atoms with E-state index in [4.69, 9.17) is 23.2 Å². The van der Waals surface area contributed by atoms with E-state index in [9.17, 15) is 20.3 Å². The largest absolute Gasteiger partial charge is 0.480 e. The van der Waals surface area contributed by atoms with E-state index in [1.807, 2.05) is 0 Å². The first-order valence-electron chi connectivity index (χ1n) is 11.6. The molecule has 4 atom stereocenters. The second-order valence-electron chi connectivity index (χ2n) is 9.68. The maximum absolute atomic E-state index is 15.5. The number of hydrogen-bond donors (Lipinski definition) is 3. The Morgan fingerprint density at radius 3 is 2.49 bits per heavy atom. The number of rotatable bonds is 6. The van der Waals surface area contributed by atoms with E-state index in [-0.39, 0.29) is 34.2 Å². The van der Waals surface area contributed by atoms with Crippen molar-refractivity contribution < 1.29 is 23.8 Å². The van der Waals surface area contributed by atoms with Crippen molar-refractivity contribution in [2.45, 2.75) is 61.9 Å². The van der Waals surface area contributed by atoms with Gasteiger partial charge in [-0.2, -0.15) is 5.26 Å². The molecule has 2 aromatic carbocycles. The molecule has 1 saturated heterocycles. The van der Waals surface area contributed by atoms with E-state index in [2.05, 4.69) is 11.4 Å². The number of nitrogens with zero attached hydrogens (tertiary/aromatic N) is 1. The molecule has 35 heavy (non-hydrogen) atoms. The molecule has 3 N–H and O–H groups in total. The van der Waals surface area contributed by atoms with E-state index < -0.39 is 46.4 Å². The second-order valence-corrected chi connectivity index (χ2v) is 10.5. The Morgan fingerprint density at radius 1 is 1.17 bits per heavy atom. The van der Waals surface area contributed by atoms with Gasteiger partial charge in [-0.15, -0.1) is 0 Å². The van der Waals surface area contributed by atoms with Crippen LogP contribution in [0.15, 0.2) is 36.4 Å². The smallest absolute Gasteiger partial charge is 0.321 e. The van der Waals surface area contributed by atoms with Gasteiger partial charge in [0.25, 0.3) is 0 Å². The van der Waals surface area contributed by atoms with Crippen LogP contribution in [-0.4, -0.2) is 34.9 Å². The maximum Gasteiger partial charge on any atom is 0.321 e. The average molecular weight is 523 g/mol. The van der Waals surface area contributed by atoms with Crippen molar-refractivity contribution in [2.24, 2.45) is 5.41 Å². The number of aliphatic hydroxyl groups is 1. The van der Waals surface area contributed by atoms with Crippen molar-refractivity contribution in [1.29, 1.82) is 5.26 Å². The summed E-state index contributed by atoms with van der Waals surface area (Å²) in [5.74, 6) is -4.24. The molecule has 0 aromatic heterocycles. The number of carboxylic acid groups (broad SMARTS) is 1. The van der Waals surface area contributed by atoms with E-state index in [1.165, 1.54) is 30.3 Å². The Hall–Kier alpha value is -2.24. The summed E-state index contributed by atoms with van der Waals surface area (Å²) in [4.78, 5) is 12.5. The predicted octanol–water partition coefficient (Wildman–Crippen LogP) is 5.57. The Bertz CT molecular complexity index is 1170. The quantitative estimate of drug-likeness (QED) is 0.460. The molecule has 1 saturated carbocycles. The molecule has 1 aliphatic carbocycles. The molecule has 0 bridgehead atoms. The Balaban J connectivity index is 1.98.